The predicted octanol–water partition coefficient (Wildman–Crippen LogP) is 2.11. The number of hydrogen-bond acceptors (Lipinski definition) is 3. The summed E-state index contributed by atoms with van der Waals surface area (Å²) in [6.07, 6.45) is 3.60. The Morgan fingerprint density at radius 1 is 1.20 bits per heavy atom. The van der Waals surface area contributed by atoms with Crippen molar-refractivity contribution in [1.29, 1.82) is 0 Å². The van der Waals surface area contributed by atoms with Crippen LogP contribution < -0.4 is 0 Å². The summed E-state index contributed by atoms with van der Waals surface area (Å²) in [4.78, 5) is 14.1. The van der Waals surface area contributed by atoms with E-state index in [-0.39, 0.29) is 5.91 Å². The van der Waals surface area contributed by atoms with Crippen LogP contribution >= 0.6 is 15.9 Å². The van der Waals surface area contributed by atoms with E-state index in [4.69, 9.17) is 4.74 Å². The van der Waals surface area contributed by atoms with Gasteiger partial charge in [-0.1, -0.05) is 0 Å². The zero-order chi connectivity index (χ0) is 13.9. The van der Waals surface area contributed by atoms with Crippen molar-refractivity contribution in [2.45, 2.75) is 0 Å². The number of hydrogen-bond donors (Lipinski definition) is 0. The lowest BCUT2D eigenvalue weighted by Crippen LogP contribution is -2.40. The Morgan fingerprint density at radius 2 is 1.90 bits per heavy atom. The highest BCUT2D eigenvalue weighted by Crippen LogP contribution is 2.14. The smallest absolute Gasteiger partial charge is 0.254 e. The van der Waals surface area contributed by atoms with Crippen molar-refractivity contribution in [3.8, 4) is 5.69 Å². The lowest BCUT2D eigenvalue weighted by atomic mass is 10.1. The van der Waals surface area contributed by atoms with Gasteiger partial charge in [0.15, 0.2) is 0 Å². The normalized spacial score (nSPS) is 15.3. The summed E-state index contributed by atoms with van der Waals surface area (Å²) in [6.45, 7) is 2.55. The average molecular weight is 336 g/mol. The number of morpholine rings is 1. The minimum Gasteiger partial charge on any atom is -0.378 e. The molecule has 1 aromatic carbocycles. The second-order valence-electron chi connectivity index (χ2n) is 4.55. The first-order valence-corrected chi connectivity index (χ1v) is 7.21. The summed E-state index contributed by atoms with van der Waals surface area (Å²) in [5.41, 5.74) is 1.62. The third-order valence-electron chi connectivity index (χ3n) is 3.23. The van der Waals surface area contributed by atoms with Crippen LogP contribution in [0.4, 0.5) is 0 Å². The molecule has 0 saturated carbocycles. The van der Waals surface area contributed by atoms with Crippen molar-refractivity contribution in [3.63, 3.8) is 0 Å². The molecule has 3 rings (SSSR count). The third kappa shape index (κ3) is 2.76. The molecule has 1 amide bonds. The van der Waals surface area contributed by atoms with Crippen LogP contribution in [0.2, 0.25) is 0 Å². The molecule has 0 bridgehead atoms. The summed E-state index contributed by atoms with van der Waals surface area (Å²) >= 11 is 3.36. The second kappa shape index (κ2) is 5.76. The van der Waals surface area contributed by atoms with Crippen molar-refractivity contribution >= 4 is 21.8 Å². The third-order valence-corrected chi connectivity index (χ3v) is 3.64. The van der Waals surface area contributed by atoms with E-state index in [0.29, 0.717) is 31.9 Å². The van der Waals surface area contributed by atoms with E-state index in [1.54, 1.807) is 10.9 Å². The molecule has 5 nitrogen and oxygen atoms in total. The SMILES string of the molecule is O=C(c1ccc(-n2cc(Br)cn2)cc1)N1CCOCC1. The van der Waals surface area contributed by atoms with Crippen molar-refractivity contribution in [3.05, 3.63) is 46.7 Å². The molecule has 0 N–H and O–H groups in total. The first-order valence-electron chi connectivity index (χ1n) is 6.42. The molecule has 1 fully saturated rings. The molecule has 0 atom stereocenters. The predicted molar refractivity (Wildman–Crippen MR) is 78.0 cm³/mol. The molecule has 104 valence electrons. The Labute approximate surface area is 125 Å². The molecular weight excluding hydrogens is 322 g/mol. The standard InChI is InChI=1S/C14H14BrN3O2/c15-12-9-16-18(10-12)13-3-1-11(2-4-13)14(19)17-5-7-20-8-6-17/h1-4,9-10H,5-8H2. The molecule has 1 aromatic heterocycles. The van der Waals surface area contributed by atoms with E-state index in [2.05, 4.69) is 21.0 Å². The number of carbonyl (C=O) groups excluding carboxylic acids is 1. The van der Waals surface area contributed by atoms with Crippen molar-refractivity contribution < 1.29 is 9.53 Å². The summed E-state index contributed by atoms with van der Waals surface area (Å²) in [5, 5.41) is 4.21. The summed E-state index contributed by atoms with van der Waals surface area (Å²) in [6, 6.07) is 7.46. The van der Waals surface area contributed by atoms with Gasteiger partial charge >= 0.3 is 0 Å². The van der Waals surface area contributed by atoms with Crippen LogP contribution in [0.5, 0.6) is 0 Å². The fourth-order valence-corrected chi connectivity index (χ4v) is 2.43. The maximum Gasteiger partial charge on any atom is 0.254 e. The number of halogens is 1. The molecular formula is C14H14BrN3O2. The Balaban J connectivity index is 1.77. The molecule has 0 spiro atoms. The van der Waals surface area contributed by atoms with Gasteiger partial charge in [-0.25, -0.2) is 4.68 Å². The Bertz CT molecular complexity index is 603. The number of rotatable bonds is 2. The van der Waals surface area contributed by atoms with Gasteiger partial charge in [-0.15, -0.1) is 0 Å². The van der Waals surface area contributed by atoms with E-state index >= 15 is 0 Å². The number of benzene rings is 1. The van der Waals surface area contributed by atoms with Gasteiger partial charge in [-0.3, -0.25) is 4.79 Å². The number of ether oxygens (including phenoxy) is 1. The van der Waals surface area contributed by atoms with Crippen LogP contribution in [-0.4, -0.2) is 46.9 Å². The molecule has 1 aliphatic heterocycles. The van der Waals surface area contributed by atoms with Crippen LogP contribution in [0.3, 0.4) is 0 Å². The maximum absolute atomic E-state index is 12.3. The molecule has 1 aliphatic rings. The zero-order valence-corrected chi connectivity index (χ0v) is 12.4. The van der Waals surface area contributed by atoms with Crippen LogP contribution in [-0.2, 0) is 4.74 Å². The lowest BCUT2D eigenvalue weighted by molar-refractivity contribution is 0.0303. The van der Waals surface area contributed by atoms with E-state index in [0.717, 1.165) is 10.2 Å². The monoisotopic (exact) mass is 335 g/mol. The Hall–Kier alpha value is -1.66. The van der Waals surface area contributed by atoms with Crippen LogP contribution in [0, 0.1) is 0 Å². The highest BCUT2D eigenvalue weighted by atomic mass is 79.9. The van der Waals surface area contributed by atoms with Gasteiger partial charge in [0.1, 0.15) is 0 Å². The lowest BCUT2D eigenvalue weighted by Gasteiger charge is -2.26. The van der Waals surface area contributed by atoms with Gasteiger partial charge in [-0.05, 0) is 40.2 Å². The number of nitrogens with zero attached hydrogens (tertiary/aromatic N) is 3. The first-order chi connectivity index (χ1) is 9.74. The number of amides is 1. The van der Waals surface area contributed by atoms with Crippen LogP contribution in [0.15, 0.2) is 41.1 Å². The fraction of sp³-hybridized carbons (Fsp3) is 0.286. The molecule has 6 heteroatoms. The van der Waals surface area contributed by atoms with E-state index in [1.807, 2.05) is 35.4 Å². The Kier molecular flexibility index (Phi) is 3.84. The molecule has 20 heavy (non-hydrogen) atoms. The van der Waals surface area contributed by atoms with Crippen LogP contribution in [0.25, 0.3) is 5.69 Å². The van der Waals surface area contributed by atoms with Gasteiger partial charge in [0, 0.05) is 24.8 Å². The molecule has 0 unspecified atom stereocenters. The average Bonchev–Trinajstić information content (AvgIpc) is 2.94. The summed E-state index contributed by atoms with van der Waals surface area (Å²) in [7, 11) is 0. The molecule has 1 saturated heterocycles. The summed E-state index contributed by atoms with van der Waals surface area (Å²) < 4.78 is 7.93. The van der Waals surface area contributed by atoms with E-state index in [1.165, 1.54) is 0 Å². The highest BCUT2D eigenvalue weighted by molar-refractivity contribution is 9.10. The highest BCUT2D eigenvalue weighted by Gasteiger charge is 2.18. The van der Waals surface area contributed by atoms with Crippen molar-refractivity contribution in [2.24, 2.45) is 0 Å². The second-order valence-corrected chi connectivity index (χ2v) is 5.47. The van der Waals surface area contributed by atoms with Gasteiger partial charge in [-0.2, -0.15) is 5.10 Å². The Morgan fingerprint density at radius 3 is 2.50 bits per heavy atom. The van der Waals surface area contributed by atoms with Gasteiger partial charge < -0.3 is 9.64 Å². The molecule has 0 aliphatic carbocycles. The van der Waals surface area contributed by atoms with E-state index in [9.17, 15) is 4.79 Å². The minimum atomic E-state index is 0.0569. The van der Waals surface area contributed by atoms with Gasteiger partial charge in [0.25, 0.3) is 5.91 Å². The molecule has 2 heterocycles. The maximum atomic E-state index is 12.3. The van der Waals surface area contributed by atoms with Crippen LogP contribution in [0.1, 0.15) is 10.4 Å². The molecule has 2 aromatic rings. The number of carbonyl (C=O) groups is 1. The largest absolute Gasteiger partial charge is 0.378 e. The minimum absolute atomic E-state index is 0.0569. The molecule has 0 radical (unpaired) electrons. The van der Waals surface area contributed by atoms with Crippen molar-refractivity contribution in [2.75, 3.05) is 26.3 Å². The summed E-state index contributed by atoms with van der Waals surface area (Å²) in [5.74, 6) is 0.0569. The first kappa shape index (κ1) is 13.3. The zero-order valence-electron chi connectivity index (χ0n) is 10.8. The topological polar surface area (TPSA) is 47.4 Å². The van der Waals surface area contributed by atoms with E-state index < -0.39 is 0 Å². The number of aromatic nitrogens is 2. The van der Waals surface area contributed by atoms with Gasteiger partial charge in [0.05, 0.1) is 29.6 Å². The quantitative estimate of drug-likeness (QED) is 0.844. The fourth-order valence-electron chi connectivity index (χ4n) is 2.15. The van der Waals surface area contributed by atoms with Crippen molar-refractivity contribution in [1.82, 2.24) is 14.7 Å². The van der Waals surface area contributed by atoms with Gasteiger partial charge in [0.2, 0.25) is 0 Å².